The molecule has 0 aromatic heterocycles. The molecule has 0 amide bonds. The predicted octanol–water partition coefficient (Wildman–Crippen LogP) is 1.22. The first-order valence-electron chi connectivity index (χ1n) is 6.38. The number of hydroxylamine groups is 2. The van der Waals surface area contributed by atoms with Gasteiger partial charge in [0.15, 0.2) is 0 Å². The van der Waals surface area contributed by atoms with Gasteiger partial charge in [-0.3, -0.25) is 14.7 Å². The molecule has 0 aliphatic carbocycles. The fourth-order valence-electron chi connectivity index (χ4n) is 2.46. The second-order valence-electron chi connectivity index (χ2n) is 4.85. The Morgan fingerprint density at radius 2 is 2.26 bits per heavy atom. The molecule has 1 saturated heterocycles. The van der Waals surface area contributed by atoms with Crippen molar-refractivity contribution < 1.29 is 14.7 Å². The highest BCUT2D eigenvalue weighted by Gasteiger charge is 2.31. The van der Waals surface area contributed by atoms with E-state index in [1.807, 2.05) is 24.4 Å². The zero-order chi connectivity index (χ0) is 13.2. The third-order valence-corrected chi connectivity index (χ3v) is 3.47. The van der Waals surface area contributed by atoms with Gasteiger partial charge >= 0.3 is 5.97 Å². The van der Waals surface area contributed by atoms with Crippen molar-refractivity contribution in [1.29, 1.82) is 0 Å². The minimum atomic E-state index is -0.814. The molecule has 19 heavy (non-hydrogen) atoms. The molecule has 5 nitrogen and oxygen atoms in total. The molecule has 0 radical (unpaired) electrons. The molecule has 2 aliphatic heterocycles. The van der Waals surface area contributed by atoms with Crippen LogP contribution in [0.2, 0.25) is 0 Å². The SMILES string of the molecule is O=C(O)[C@@H]1C[C@H](ON2C=Cc3ccccc3C2)CN1. The van der Waals surface area contributed by atoms with Crippen LogP contribution in [0.5, 0.6) is 0 Å². The van der Waals surface area contributed by atoms with Gasteiger partial charge in [0.05, 0.1) is 6.54 Å². The quantitative estimate of drug-likeness (QED) is 0.855. The number of rotatable bonds is 3. The van der Waals surface area contributed by atoms with Crippen LogP contribution in [0.3, 0.4) is 0 Å². The van der Waals surface area contributed by atoms with Gasteiger partial charge in [0.25, 0.3) is 0 Å². The monoisotopic (exact) mass is 260 g/mol. The van der Waals surface area contributed by atoms with E-state index in [4.69, 9.17) is 9.94 Å². The summed E-state index contributed by atoms with van der Waals surface area (Å²) in [6.07, 6.45) is 4.32. The van der Waals surface area contributed by atoms with Crippen LogP contribution in [0.15, 0.2) is 30.5 Å². The lowest BCUT2D eigenvalue weighted by atomic mass is 10.1. The highest BCUT2D eigenvalue weighted by molar-refractivity contribution is 5.73. The molecule has 1 fully saturated rings. The molecule has 2 heterocycles. The largest absolute Gasteiger partial charge is 0.480 e. The number of fused-ring (bicyclic) bond motifs is 1. The number of carboxylic acid groups (broad SMARTS) is 1. The average Bonchev–Trinajstić information content (AvgIpc) is 2.87. The summed E-state index contributed by atoms with van der Waals surface area (Å²) in [7, 11) is 0. The minimum Gasteiger partial charge on any atom is -0.480 e. The number of aliphatic carboxylic acids is 1. The van der Waals surface area contributed by atoms with Crippen LogP contribution in [0.4, 0.5) is 0 Å². The first-order chi connectivity index (χ1) is 9.22. The van der Waals surface area contributed by atoms with E-state index in [1.165, 1.54) is 11.1 Å². The summed E-state index contributed by atoms with van der Waals surface area (Å²) in [6, 6.07) is 7.67. The molecule has 2 aliphatic rings. The predicted molar refractivity (Wildman–Crippen MR) is 69.9 cm³/mol. The summed E-state index contributed by atoms with van der Waals surface area (Å²) in [5.74, 6) is -0.814. The van der Waals surface area contributed by atoms with Crippen LogP contribution in [0.25, 0.3) is 6.08 Å². The summed E-state index contributed by atoms with van der Waals surface area (Å²) >= 11 is 0. The summed E-state index contributed by atoms with van der Waals surface area (Å²) in [5.41, 5.74) is 2.42. The molecule has 0 bridgehead atoms. The van der Waals surface area contributed by atoms with Gasteiger partial charge in [-0.2, -0.15) is 0 Å². The van der Waals surface area contributed by atoms with Gasteiger partial charge < -0.3 is 10.4 Å². The van der Waals surface area contributed by atoms with Crippen molar-refractivity contribution in [2.24, 2.45) is 0 Å². The lowest BCUT2D eigenvalue weighted by Crippen LogP contribution is -2.30. The molecule has 0 unspecified atom stereocenters. The minimum absolute atomic E-state index is 0.0870. The van der Waals surface area contributed by atoms with Crippen molar-refractivity contribution in [3.63, 3.8) is 0 Å². The Balaban J connectivity index is 1.60. The maximum atomic E-state index is 10.9. The summed E-state index contributed by atoms with van der Waals surface area (Å²) in [6.45, 7) is 1.27. The van der Waals surface area contributed by atoms with Gasteiger partial charge in [0.1, 0.15) is 12.1 Å². The Labute approximate surface area is 111 Å². The van der Waals surface area contributed by atoms with Gasteiger partial charge in [-0.25, -0.2) is 0 Å². The first kappa shape index (κ1) is 12.2. The van der Waals surface area contributed by atoms with E-state index in [0.29, 0.717) is 19.5 Å². The molecule has 1 aromatic carbocycles. The molecular formula is C14H16N2O3. The highest BCUT2D eigenvalue weighted by Crippen LogP contribution is 2.21. The van der Waals surface area contributed by atoms with Crippen molar-refractivity contribution in [1.82, 2.24) is 10.4 Å². The van der Waals surface area contributed by atoms with E-state index in [1.54, 1.807) is 5.06 Å². The summed E-state index contributed by atoms with van der Waals surface area (Å²) in [5, 5.41) is 13.6. The molecule has 5 heteroatoms. The molecule has 2 atom stereocenters. The van der Waals surface area contributed by atoms with Crippen LogP contribution < -0.4 is 5.32 Å². The van der Waals surface area contributed by atoms with Crippen molar-refractivity contribution >= 4 is 12.0 Å². The Hall–Kier alpha value is -1.85. The lowest BCUT2D eigenvalue weighted by molar-refractivity contribution is -0.166. The van der Waals surface area contributed by atoms with Crippen molar-refractivity contribution in [2.75, 3.05) is 6.54 Å². The van der Waals surface area contributed by atoms with Gasteiger partial charge in [-0.15, -0.1) is 0 Å². The van der Waals surface area contributed by atoms with E-state index in [0.717, 1.165) is 0 Å². The molecule has 3 rings (SSSR count). The fraction of sp³-hybridized carbons (Fsp3) is 0.357. The number of hydrogen-bond acceptors (Lipinski definition) is 4. The van der Waals surface area contributed by atoms with Gasteiger partial charge in [0.2, 0.25) is 0 Å². The molecule has 100 valence electrons. The number of carbonyl (C=O) groups is 1. The standard InChI is InChI=1S/C14H16N2O3/c17-14(18)13-7-12(8-15-13)19-16-6-5-10-3-1-2-4-11(10)9-16/h1-6,12-13,15H,7-9H2,(H,17,18)/t12-,13-/m0/s1. The second-order valence-corrected chi connectivity index (χ2v) is 4.85. The average molecular weight is 260 g/mol. The van der Waals surface area contributed by atoms with E-state index < -0.39 is 12.0 Å². The third-order valence-electron chi connectivity index (χ3n) is 3.47. The number of carboxylic acids is 1. The Kier molecular flexibility index (Phi) is 3.23. The van der Waals surface area contributed by atoms with Crippen LogP contribution in [-0.4, -0.2) is 34.8 Å². The normalized spacial score (nSPS) is 25.4. The van der Waals surface area contributed by atoms with Crippen molar-refractivity contribution in [2.45, 2.75) is 25.1 Å². The Bertz CT molecular complexity index is 515. The van der Waals surface area contributed by atoms with E-state index in [-0.39, 0.29) is 6.10 Å². The number of nitrogens with one attached hydrogen (secondary N) is 1. The van der Waals surface area contributed by atoms with Crippen LogP contribution in [0.1, 0.15) is 17.5 Å². The third kappa shape index (κ3) is 2.62. The number of hydrogen-bond donors (Lipinski definition) is 2. The number of benzene rings is 1. The molecule has 1 aromatic rings. The topological polar surface area (TPSA) is 61.8 Å². The van der Waals surface area contributed by atoms with Crippen molar-refractivity contribution in [3.8, 4) is 0 Å². The molecular weight excluding hydrogens is 244 g/mol. The zero-order valence-corrected chi connectivity index (χ0v) is 10.5. The van der Waals surface area contributed by atoms with Crippen LogP contribution in [-0.2, 0) is 16.2 Å². The Morgan fingerprint density at radius 1 is 1.42 bits per heavy atom. The van der Waals surface area contributed by atoms with Crippen LogP contribution >= 0.6 is 0 Å². The second kappa shape index (κ2) is 5.03. The van der Waals surface area contributed by atoms with E-state index >= 15 is 0 Å². The maximum absolute atomic E-state index is 10.9. The summed E-state index contributed by atoms with van der Waals surface area (Å²) in [4.78, 5) is 16.7. The lowest BCUT2D eigenvalue weighted by Gasteiger charge is -2.27. The van der Waals surface area contributed by atoms with E-state index in [9.17, 15) is 4.79 Å². The van der Waals surface area contributed by atoms with Gasteiger partial charge in [-0.05, 0) is 17.2 Å². The van der Waals surface area contributed by atoms with Gasteiger partial charge in [-0.1, -0.05) is 24.3 Å². The molecule has 2 N–H and O–H groups in total. The molecule has 0 spiro atoms. The van der Waals surface area contributed by atoms with E-state index in [2.05, 4.69) is 17.4 Å². The first-order valence-corrected chi connectivity index (χ1v) is 6.38. The zero-order valence-electron chi connectivity index (χ0n) is 10.5. The maximum Gasteiger partial charge on any atom is 0.320 e. The Morgan fingerprint density at radius 3 is 3.05 bits per heavy atom. The smallest absolute Gasteiger partial charge is 0.320 e. The molecule has 0 saturated carbocycles. The van der Waals surface area contributed by atoms with Crippen molar-refractivity contribution in [3.05, 3.63) is 41.6 Å². The summed E-state index contributed by atoms with van der Waals surface area (Å²) < 4.78 is 0. The fourth-order valence-corrected chi connectivity index (χ4v) is 2.46. The highest BCUT2D eigenvalue weighted by atomic mass is 16.7. The van der Waals surface area contributed by atoms with Crippen LogP contribution in [0, 0.1) is 0 Å². The van der Waals surface area contributed by atoms with Gasteiger partial charge in [0, 0.05) is 19.2 Å². The number of nitrogens with zero attached hydrogens (tertiary/aromatic N) is 1.